The van der Waals surface area contributed by atoms with E-state index in [9.17, 15) is 19.5 Å². The Hall–Kier alpha value is -2.97. The van der Waals surface area contributed by atoms with Crippen molar-refractivity contribution >= 4 is 28.5 Å². The Morgan fingerprint density at radius 1 is 1.02 bits per heavy atom. The van der Waals surface area contributed by atoms with Crippen LogP contribution in [0.25, 0.3) is 10.8 Å². The molecule has 5 N–H and O–H groups in total. The second-order valence-corrected chi connectivity index (χ2v) is 12.7. The Balaban J connectivity index is 1.45. The van der Waals surface area contributed by atoms with E-state index in [1.165, 1.54) is 0 Å². The zero-order valence-corrected chi connectivity index (χ0v) is 24.2. The van der Waals surface area contributed by atoms with Crippen LogP contribution >= 0.6 is 0 Å². The lowest BCUT2D eigenvalue weighted by molar-refractivity contribution is -0.143. The summed E-state index contributed by atoms with van der Waals surface area (Å²) in [5.74, 6) is -0.0330. The summed E-state index contributed by atoms with van der Waals surface area (Å²) >= 11 is 0. The number of nitrogens with one attached hydrogen (secondary N) is 2. The monoisotopic (exact) mass is 550 g/mol. The van der Waals surface area contributed by atoms with Crippen LogP contribution in [0.2, 0.25) is 0 Å². The van der Waals surface area contributed by atoms with Gasteiger partial charge in [0.05, 0.1) is 6.10 Å². The number of amides is 3. The molecule has 0 aromatic heterocycles. The Morgan fingerprint density at radius 2 is 1.73 bits per heavy atom. The third kappa shape index (κ3) is 7.40. The van der Waals surface area contributed by atoms with Crippen molar-refractivity contribution in [2.45, 2.75) is 83.9 Å². The van der Waals surface area contributed by atoms with E-state index in [-0.39, 0.29) is 42.1 Å². The number of rotatable bonds is 9. The third-order valence-electron chi connectivity index (χ3n) is 8.81. The largest absolute Gasteiger partial charge is 0.390 e. The fraction of sp³-hybridized carbons (Fsp3) is 0.594. The predicted octanol–water partition coefficient (Wildman–Crippen LogP) is 3.15. The second kappa shape index (κ2) is 13.1. The van der Waals surface area contributed by atoms with Crippen LogP contribution in [0.5, 0.6) is 0 Å². The molecule has 8 nitrogen and oxygen atoms in total. The van der Waals surface area contributed by atoms with Gasteiger partial charge in [-0.15, -0.1) is 0 Å². The summed E-state index contributed by atoms with van der Waals surface area (Å²) in [5.41, 5.74) is 6.65. The van der Waals surface area contributed by atoms with Gasteiger partial charge in [-0.2, -0.15) is 0 Å². The molecule has 218 valence electrons. The molecule has 3 atom stereocenters. The van der Waals surface area contributed by atoms with E-state index in [1.807, 2.05) is 42.5 Å². The molecule has 1 saturated heterocycles. The van der Waals surface area contributed by atoms with Gasteiger partial charge >= 0.3 is 0 Å². The van der Waals surface area contributed by atoms with Crippen LogP contribution in [-0.4, -0.2) is 65.5 Å². The van der Waals surface area contributed by atoms with Crippen LogP contribution in [-0.2, 0) is 20.8 Å². The van der Waals surface area contributed by atoms with E-state index in [0.717, 1.165) is 48.4 Å². The zero-order chi connectivity index (χ0) is 28.9. The first-order chi connectivity index (χ1) is 19.1. The fourth-order valence-corrected chi connectivity index (χ4v) is 6.25. The lowest BCUT2D eigenvalue weighted by atomic mass is 9.69. The maximum atomic E-state index is 13.6. The van der Waals surface area contributed by atoms with Gasteiger partial charge in [-0.3, -0.25) is 14.4 Å². The highest BCUT2D eigenvalue weighted by Gasteiger charge is 2.40. The molecule has 0 spiro atoms. The number of benzene rings is 2. The second-order valence-electron chi connectivity index (χ2n) is 12.7. The molecule has 2 fully saturated rings. The summed E-state index contributed by atoms with van der Waals surface area (Å²) in [6.45, 7) is 7.40. The Labute approximate surface area is 238 Å². The number of hydrogen-bond acceptors (Lipinski definition) is 5. The predicted molar refractivity (Wildman–Crippen MR) is 157 cm³/mol. The van der Waals surface area contributed by atoms with E-state index in [2.05, 4.69) is 31.4 Å². The molecule has 1 aliphatic heterocycles. The average Bonchev–Trinajstić information content (AvgIpc) is 3.44. The molecule has 0 radical (unpaired) electrons. The first-order valence-corrected chi connectivity index (χ1v) is 14.8. The molecule has 8 heteroatoms. The van der Waals surface area contributed by atoms with Crippen molar-refractivity contribution in [2.24, 2.45) is 23.0 Å². The molecule has 2 aliphatic rings. The molecule has 2 aromatic rings. The molecule has 1 aliphatic carbocycles. The summed E-state index contributed by atoms with van der Waals surface area (Å²) in [7, 11) is 0. The van der Waals surface area contributed by atoms with E-state index in [0.29, 0.717) is 25.3 Å². The summed E-state index contributed by atoms with van der Waals surface area (Å²) in [5, 5.41) is 17.7. The van der Waals surface area contributed by atoms with Crippen LogP contribution in [0.1, 0.15) is 64.9 Å². The van der Waals surface area contributed by atoms with Crippen LogP contribution in [0, 0.1) is 17.3 Å². The normalized spacial score (nSPS) is 23.0. The first-order valence-electron chi connectivity index (χ1n) is 14.8. The molecular weight excluding hydrogens is 504 g/mol. The topological polar surface area (TPSA) is 125 Å². The summed E-state index contributed by atoms with van der Waals surface area (Å²) in [6, 6.07) is 12.6. The van der Waals surface area contributed by atoms with Gasteiger partial charge < -0.3 is 26.4 Å². The lowest BCUT2D eigenvalue weighted by Crippen LogP contribution is -2.55. The van der Waals surface area contributed by atoms with Crippen molar-refractivity contribution < 1.29 is 19.5 Å². The molecular formula is C32H46N4O4. The molecule has 4 rings (SSSR count). The number of aliphatic hydroxyl groups excluding tert-OH is 1. The molecule has 1 heterocycles. The van der Waals surface area contributed by atoms with Crippen molar-refractivity contribution in [3.63, 3.8) is 0 Å². The van der Waals surface area contributed by atoms with Crippen LogP contribution < -0.4 is 16.4 Å². The number of aliphatic hydroxyl groups is 1. The average molecular weight is 551 g/mol. The maximum Gasteiger partial charge on any atom is 0.243 e. The van der Waals surface area contributed by atoms with Gasteiger partial charge in [0.25, 0.3) is 0 Å². The number of likely N-dealkylation sites (tertiary alicyclic amines) is 1. The minimum absolute atomic E-state index is 0.00467. The quantitative estimate of drug-likeness (QED) is 0.382. The highest BCUT2D eigenvalue weighted by molar-refractivity contribution is 5.93. The van der Waals surface area contributed by atoms with E-state index in [1.54, 1.807) is 4.90 Å². The Kier molecular flexibility index (Phi) is 9.85. The number of nitrogens with zero attached hydrogens (tertiary/aromatic N) is 1. The van der Waals surface area contributed by atoms with Crippen molar-refractivity contribution in [2.75, 3.05) is 19.6 Å². The number of hydrogen-bond donors (Lipinski definition) is 4. The number of nitrogens with two attached hydrogens (primary N) is 1. The summed E-state index contributed by atoms with van der Waals surface area (Å²) in [4.78, 5) is 42.1. The minimum atomic E-state index is -0.864. The molecule has 3 unspecified atom stereocenters. The third-order valence-corrected chi connectivity index (χ3v) is 8.81. The number of carbonyl (C=O) groups excluding carboxylic acids is 3. The Bertz CT molecular complexity index is 1180. The van der Waals surface area contributed by atoms with Gasteiger partial charge in [0, 0.05) is 32.0 Å². The summed E-state index contributed by atoms with van der Waals surface area (Å²) < 4.78 is 0. The van der Waals surface area contributed by atoms with Gasteiger partial charge in [-0.1, -0.05) is 63.2 Å². The SMILES string of the molecule is CC(C)(C)C1CCC(C(=O)N2CCCC2C(=O)NC(Cc2ccc3ccccc3c2)C(=O)NCC(O)CN)CC1. The van der Waals surface area contributed by atoms with Crippen LogP contribution in [0.15, 0.2) is 42.5 Å². The van der Waals surface area contributed by atoms with Gasteiger partial charge in [0.2, 0.25) is 17.7 Å². The Morgan fingerprint density at radius 3 is 2.40 bits per heavy atom. The molecule has 40 heavy (non-hydrogen) atoms. The van der Waals surface area contributed by atoms with E-state index >= 15 is 0 Å². The molecule has 1 saturated carbocycles. The van der Waals surface area contributed by atoms with Crippen molar-refractivity contribution in [1.82, 2.24) is 15.5 Å². The minimum Gasteiger partial charge on any atom is -0.390 e. The van der Waals surface area contributed by atoms with Crippen molar-refractivity contribution in [3.8, 4) is 0 Å². The van der Waals surface area contributed by atoms with Gasteiger partial charge in [0.15, 0.2) is 0 Å². The summed E-state index contributed by atoms with van der Waals surface area (Å²) in [6.07, 6.45) is 4.58. The van der Waals surface area contributed by atoms with Gasteiger partial charge in [-0.25, -0.2) is 0 Å². The van der Waals surface area contributed by atoms with Crippen LogP contribution in [0.3, 0.4) is 0 Å². The van der Waals surface area contributed by atoms with Crippen molar-refractivity contribution in [3.05, 3.63) is 48.0 Å². The zero-order valence-electron chi connectivity index (χ0n) is 24.2. The van der Waals surface area contributed by atoms with E-state index in [4.69, 9.17) is 5.73 Å². The van der Waals surface area contributed by atoms with Crippen LogP contribution in [0.4, 0.5) is 0 Å². The standard InChI is InChI=1S/C32H46N4O4/c1-32(2,3)25-14-12-23(13-15-25)31(40)36-16-6-9-28(36)30(39)35-27(29(38)34-20-26(37)19-33)18-21-10-11-22-7-4-5-8-24(22)17-21/h4-5,7-8,10-11,17,23,25-28,37H,6,9,12-16,18-20,33H2,1-3H3,(H,34,38)(H,35,39). The maximum absolute atomic E-state index is 13.6. The fourth-order valence-electron chi connectivity index (χ4n) is 6.25. The highest BCUT2D eigenvalue weighted by Crippen LogP contribution is 2.40. The number of carbonyl (C=O) groups is 3. The van der Waals surface area contributed by atoms with Gasteiger partial charge in [-0.05, 0) is 66.2 Å². The van der Waals surface area contributed by atoms with Crippen molar-refractivity contribution in [1.29, 1.82) is 0 Å². The molecule has 3 amide bonds. The smallest absolute Gasteiger partial charge is 0.243 e. The lowest BCUT2D eigenvalue weighted by Gasteiger charge is -2.38. The molecule has 2 aromatic carbocycles. The highest BCUT2D eigenvalue weighted by atomic mass is 16.3. The number of fused-ring (bicyclic) bond motifs is 1. The first kappa shape index (κ1) is 30.0. The van der Waals surface area contributed by atoms with Gasteiger partial charge in [0.1, 0.15) is 12.1 Å². The molecule has 0 bridgehead atoms. The van der Waals surface area contributed by atoms with E-state index < -0.39 is 18.2 Å².